The van der Waals surface area contributed by atoms with E-state index in [-0.39, 0.29) is 5.91 Å². The van der Waals surface area contributed by atoms with Crippen LogP contribution in [-0.4, -0.2) is 37.6 Å². The zero-order chi connectivity index (χ0) is 14.3. The molecule has 0 spiro atoms. The van der Waals surface area contributed by atoms with Gasteiger partial charge in [0, 0.05) is 13.6 Å². The zero-order valence-corrected chi connectivity index (χ0v) is 12.3. The number of hydrogen-bond acceptors (Lipinski definition) is 3. The number of likely N-dealkylation sites (N-methyl/N-ethyl adjacent to an activating group) is 2. The summed E-state index contributed by atoms with van der Waals surface area (Å²) in [6.07, 6.45) is 0. The second-order valence-corrected chi connectivity index (χ2v) is 4.56. The fraction of sp³-hybridized carbons (Fsp3) is 0.533. The van der Waals surface area contributed by atoms with Gasteiger partial charge < -0.3 is 15.0 Å². The molecule has 0 bridgehead atoms. The van der Waals surface area contributed by atoms with Crippen molar-refractivity contribution in [3.8, 4) is 5.75 Å². The molecule has 0 aliphatic carbocycles. The highest BCUT2D eigenvalue weighted by Gasteiger charge is 2.09. The minimum absolute atomic E-state index is 0.105. The van der Waals surface area contributed by atoms with Crippen LogP contribution in [0.3, 0.4) is 0 Å². The lowest BCUT2D eigenvalue weighted by atomic mass is 10.1. The van der Waals surface area contributed by atoms with Crippen LogP contribution in [0.25, 0.3) is 0 Å². The molecule has 0 fully saturated rings. The predicted molar refractivity (Wildman–Crippen MR) is 77.4 cm³/mol. The number of carbonyl (C=O) groups is 1. The molecule has 0 saturated carbocycles. The van der Waals surface area contributed by atoms with Crippen molar-refractivity contribution < 1.29 is 9.53 Å². The second-order valence-electron chi connectivity index (χ2n) is 4.56. The molecule has 4 heteroatoms. The molecule has 0 aliphatic heterocycles. The fourth-order valence-corrected chi connectivity index (χ4v) is 1.86. The van der Waals surface area contributed by atoms with E-state index in [1.54, 1.807) is 4.90 Å². The Bertz CT molecular complexity index is 419. The van der Waals surface area contributed by atoms with E-state index >= 15 is 0 Å². The smallest absolute Gasteiger partial charge is 0.236 e. The zero-order valence-electron chi connectivity index (χ0n) is 12.3. The van der Waals surface area contributed by atoms with Crippen LogP contribution in [0.5, 0.6) is 5.75 Å². The Morgan fingerprint density at radius 1 is 1.37 bits per heavy atom. The maximum absolute atomic E-state index is 11.8. The maximum Gasteiger partial charge on any atom is 0.236 e. The molecule has 4 nitrogen and oxygen atoms in total. The average Bonchev–Trinajstić information content (AvgIpc) is 2.39. The second kappa shape index (κ2) is 7.79. The lowest BCUT2D eigenvalue weighted by Gasteiger charge is -2.18. The van der Waals surface area contributed by atoms with Gasteiger partial charge in [0.1, 0.15) is 5.75 Å². The molecule has 106 valence electrons. The van der Waals surface area contributed by atoms with Gasteiger partial charge in [-0.05, 0) is 37.6 Å². The summed E-state index contributed by atoms with van der Waals surface area (Å²) in [6.45, 7) is 8.47. The van der Waals surface area contributed by atoms with Crippen molar-refractivity contribution in [1.29, 1.82) is 0 Å². The summed E-state index contributed by atoms with van der Waals surface area (Å²) in [5, 5.41) is 3.04. The molecule has 0 radical (unpaired) electrons. The molecule has 0 heterocycles. The van der Waals surface area contributed by atoms with Gasteiger partial charge in [-0.2, -0.15) is 0 Å². The summed E-state index contributed by atoms with van der Waals surface area (Å²) < 4.78 is 5.51. The Labute approximate surface area is 115 Å². The average molecular weight is 264 g/mol. The van der Waals surface area contributed by atoms with Gasteiger partial charge in [0.05, 0.1) is 13.2 Å². The predicted octanol–water partition coefficient (Wildman–Crippen LogP) is 1.96. The van der Waals surface area contributed by atoms with Crippen molar-refractivity contribution in [2.75, 3.05) is 26.7 Å². The summed E-state index contributed by atoms with van der Waals surface area (Å²) in [5.41, 5.74) is 2.22. The molecule has 1 amide bonds. The van der Waals surface area contributed by atoms with Crippen LogP contribution >= 0.6 is 0 Å². The van der Waals surface area contributed by atoms with E-state index in [0.717, 1.165) is 23.4 Å². The summed E-state index contributed by atoms with van der Waals surface area (Å²) >= 11 is 0. The topological polar surface area (TPSA) is 41.6 Å². The standard InChI is InChI=1S/C15H24N2O2/c1-5-16-10-15(18)17(4)11-13-7-8-14(19-6-2)12(3)9-13/h7-9,16H,5-6,10-11H2,1-4H3. The van der Waals surface area contributed by atoms with E-state index in [9.17, 15) is 4.79 Å². The fourth-order valence-electron chi connectivity index (χ4n) is 1.86. The highest BCUT2D eigenvalue weighted by atomic mass is 16.5. The van der Waals surface area contributed by atoms with E-state index in [2.05, 4.69) is 11.4 Å². The Kier molecular flexibility index (Phi) is 6.36. The van der Waals surface area contributed by atoms with Crippen molar-refractivity contribution >= 4 is 5.91 Å². The van der Waals surface area contributed by atoms with E-state index in [1.807, 2.05) is 40.0 Å². The Hall–Kier alpha value is -1.55. The van der Waals surface area contributed by atoms with Crippen LogP contribution in [0.15, 0.2) is 18.2 Å². The largest absolute Gasteiger partial charge is 0.494 e. The van der Waals surface area contributed by atoms with Crippen LogP contribution < -0.4 is 10.1 Å². The van der Waals surface area contributed by atoms with Crippen molar-refractivity contribution in [2.24, 2.45) is 0 Å². The van der Waals surface area contributed by atoms with Gasteiger partial charge in [-0.25, -0.2) is 0 Å². The molecule has 19 heavy (non-hydrogen) atoms. The highest BCUT2D eigenvalue weighted by molar-refractivity contribution is 5.77. The molecule has 0 aromatic heterocycles. The Balaban J connectivity index is 2.61. The van der Waals surface area contributed by atoms with Gasteiger partial charge in [-0.15, -0.1) is 0 Å². The van der Waals surface area contributed by atoms with E-state index in [4.69, 9.17) is 4.74 Å². The third kappa shape index (κ3) is 4.91. The van der Waals surface area contributed by atoms with E-state index < -0.39 is 0 Å². The summed E-state index contributed by atoms with van der Waals surface area (Å²) in [7, 11) is 1.82. The summed E-state index contributed by atoms with van der Waals surface area (Å²) in [5.74, 6) is 1.02. The highest BCUT2D eigenvalue weighted by Crippen LogP contribution is 2.19. The van der Waals surface area contributed by atoms with E-state index in [1.165, 1.54) is 0 Å². The SMILES string of the molecule is CCNCC(=O)N(C)Cc1ccc(OCC)c(C)c1. The molecule has 0 saturated heterocycles. The molecule has 0 unspecified atom stereocenters. The third-order valence-electron chi connectivity index (χ3n) is 2.91. The number of ether oxygens (including phenoxy) is 1. The number of nitrogens with zero attached hydrogens (tertiary/aromatic N) is 1. The number of amides is 1. The molecule has 0 aliphatic rings. The quantitative estimate of drug-likeness (QED) is 0.818. The van der Waals surface area contributed by atoms with Crippen LogP contribution in [0.4, 0.5) is 0 Å². The van der Waals surface area contributed by atoms with Gasteiger partial charge in [-0.1, -0.05) is 19.1 Å². The number of aryl methyl sites for hydroxylation is 1. The van der Waals surface area contributed by atoms with Crippen LogP contribution in [-0.2, 0) is 11.3 Å². The lowest BCUT2D eigenvalue weighted by molar-refractivity contribution is -0.129. The van der Waals surface area contributed by atoms with Crippen LogP contribution in [0, 0.1) is 6.92 Å². The number of benzene rings is 1. The molecule has 1 aromatic rings. The Morgan fingerprint density at radius 3 is 2.68 bits per heavy atom. The molecule has 1 N–H and O–H groups in total. The maximum atomic E-state index is 11.8. The third-order valence-corrected chi connectivity index (χ3v) is 2.91. The van der Waals surface area contributed by atoms with Crippen molar-refractivity contribution in [3.63, 3.8) is 0 Å². The van der Waals surface area contributed by atoms with Gasteiger partial charge in [0.2, 0.25) is 5.91 Å². The van der Waals surface area contributed by atoms with Crippen molar-refractivity contribution in [1.82, 2.24) is 10.2 Å². The van der Waals surface area contributed by atoms with Crippen LogP contribution in [0.1, 0.15) is 25.0 Å². The van der Waals surface area contributed by atoms with Gasteiger partial charge in [0.15, 0.2) is 0 Å². The molecule has 1 rings (SSSR count). The molecule has 1 aromatic carbocycles. The minimum atomic E-state index is 0.105. The number of rotatable bonds is 7. The molecular formula is C15H24N2O2. The first-order chi connectivity index (χ1) is 9.08. The first kappa shape index (κ1) is 15.5. The number of hydrogen-bond donors (Lipinski definition) is 1. The summed E-state index contributed by atoms with van der Waals surface area (Å²) in [4.78, 5) is 13.5. The number of nitrogens with one attached hydrogen (secondary N) is 1. The number of carbonyl (C=O) groups excluding carboxylic acids is 1. The van der Waals surface area contributed by atoms with Gasteiger partial charge in [-0.3, -0.25) is 4.79 Å². The van der Waals surface area contributed by atoms with Crippen molar-refractivity contribution in [3.05, 3.63) is 29.3 Å². The van der Waals surface area contributed by atoms with Gasteiger partial charge in [0.25, 0.3) is 0 Å². The molecular weight excluding hydrogens is 240 g/mol. The first-order valence-corrected chi connectivity index (χ1v) is 6.75. The summed E-state index contributed by atoms with van der Waals surface area (Å²) in [6, 6.07) is 6.05. The van der Waals surface area contributed by atoms with E-state index in [0.29, 0.717) is 19.7 Å². The Morgan fingerprint density at radius 2 is 2.11 bits per heavy atom. The van der Waals surface area contributed by atoms with Gasteiger partial charge >= 0.3 is 0 Å². The first-order valence-electron chi connectivity index (χ1n) is 6.75. The van der Waals surface area contributed by atoms with Crippen LogP contribution in [0.2, 0.25) is 0 Å². The lowest BCUT2D eigenvalue weighted by Crippen LogP contribution is -2.35. The monoisotopic (exact) mass is 264 g/mol. The molecule has 0 atom stereocenters. The minimum Gasteiger partial charge on any atom is -0.494 e. The normalized spacial score (nSPS) is 10.3. The van der Waals surface area contributed by atoms with Crippen molar-refractivity contribution in [2.45, 2.75) is 27.3 Å².